The minimum Gasteiger partial charge on any atom is -0.310 e. The number of hydrogen-bond acceptors (Lipinski definition) is 1. The monoisotopic (exact) mass is 161 g/mol. The minimum absolute atomic E-state index is 0.616. The first-order valence-electron chi connectivity index (χ1n) is 4.66. The van der Waals surface area contributed by atoms with E-state index in [1.807, 2.05) is 0 Å². The van der Waals surface area contributed by atoms with Crippen molar-refractivity contribution >= 4 is 0 Å². The van der Waals surface area contributed by atoms with Crippen molar-refractivity contribution in [2.75, 3.05) is 6.54 Å². The van der Waals surface area contributed by atoms with Crippen LogP contribution in [0.2, 0.25) is 0 Å². The molecule has 1 atom stereocenters. The Bertz CT molecular complexity index is 261. The predicted molar refractivity (Wildman–Crippen MR) is 51.2 cm³/mol. The highest BCUT2D eigenvalue weighted by Crippen LogP contribution is 2.23. The van der Waals surface area contributed by atoms with E-state index in [2.05, 4.69) is 36.5 Å². The van der Waals surface area contributed by atoms with Gasteiger partial charge in [-0.2, -0.15) is 0 Å². The van der Waals surface area contributed by atoms with Crippen LogP contribution in [0.25, 0.3) is 0 Å². The third-order valence-corrected chi connectivity index (χ3v) is 2.50. The molecule has 12 heavy (non-hydrogen) atoms. The van der Waals surface area contributed by atoms with E-state index in [1.165, 1.54) is 30.5 Å². The maximum atomic E-state index is 3.50. The van der Waals surface area contributed by atoms with Crippen molar-refractivity contribution in [1.29, 1.82) is 0 Å². The summed E-state index contributed by atoms with van der Waals surface area (Å²) in [5, 5.41) is 3.50. The Balaban J connectivity index is 2.21. The quantitative estimate of drug-likeness (QED) is 0.667. The molecule has 1 N–H and O–H groups in total. The van der Waals surface area contributed by atoms with E-state index in [-0.39, 0.29) is 0 Å². The summed E-state index contributed by atoms with van der Waals surface area (Å²) in [5.74, 6) is 0. The summed E-state index contributed by atoms with van der Waals surface area (Å²) in [4.78, 5) is 0. The average Bonchev–Trinajstić information content (AvgIpc) is 2.56. The van der Waals surface area contributed by atoms with Gasteiger partial charge in [0.1, 0.15) is 0 Å². The molecule has 1 aromatic rings. The highest BCUT2D eigenvalue weighted by atomic mass is 14.9. The fraction of sp³-hybridized carbons (Fsp3) is 0.455. The summed E-state index contributed by atoms with van der Waals surface area (Å²) < 4.78 is 0. The van der Waals surface area contributed by atoms with Gasteiger partial charge in [-0.1, -0.05) is 29.8 Å². The maximum absolute atomic E-state index is 3.50. The third-order valence-electron chi connectivity index (χ3n) is 2.50. The van der Waals surface area contributed by atoms with Gasteiger partial charge in [0.15, 0.2) is 0 Å². The molecule has 0 saturated carbocycles. The first-order chi connectivity index (χ1) is 5.86. The van der Waals surface area contributed by atoms with Crippen LogP contribution in [0.5, 0.6) is 0 Å². The molecule has 1 heteroatoms. The number of aryl methyl sites for hydroxylation is 1. The van der Waals surface area contributed by atoms with Gasteiger partial charge in [-0.15, -0.1) is 0 Å². The fourth-order valence-corrected chi connectivity index (χ4v) is 1.86. The molecule has 1 aliphatic heterocycles. The van der Waals surface area contributed by atoms with Crippen LogP contribution in [0.3, 0.4) is 0 Å². The smallest absolute Gasteiger partial charge is 0.0320 e. The van der Waals surface area contributed by atoms with Gasteiger partial charge in [0.2, 0.25) is 0 Å². The zero-order chi connectivity index (χ0) is 8.39. The molecule has 2 rings (SSSR count). The van der Waals surface area contributed by atoms with Gasteiger partial charge in [-0.05, 0) is 31.9 Å². The molecule has 1 heterocycles. The maximum Gasteiger partial charge on any atom is 0.0320 e. The lowest BCUT2D eigenvalue weighted by Crippen LogP contribution is -2.12. The zero-order valence-electron chi connectivity index (χ0n) is 7.51. The third kappa shape index (κ3) is 1.51. The normalized spacial score (nSPS) is 22.9. The lowest BCUT2D eigenvalue weighted by molar-refractivity contribution is 0.647. The van der Waals surface area contributed by atoms with Gasteiger partial charge in [0.25, 0.3) is 0 Å². The standard InChI is InChI=1S/C11H15N/c1-9-4-2-5-10(8-9)11-6-3-7-12-11/h2,4-5,8,11-12H,3,6-7H2,1H3. The first-order valence-corrected chi connectivity index (χ1v) is 4.66. The van der Waals surface area contributed by atoms with E-state index in [0.717, 1.165) is 0 Å². The summed E-state index contributed by atoms with van der Waals surface area (Å²) >= 11 is 0. The van der Waals surface area contributed by atoms with Crippen molar-refractivity contribution in [3.8, 4) is 0 Å². The summed E-state index contributed by atoms with van der Waals surface area (Å²) in [6.45, 7) is 3.33. The van der Waals surface area contributed by atoms with Crippen molar-refractivity contribution in [1.82, 2.24) is 5.32 Å². The van der Waals surface area contributed by atoms with Crippen LogP contribution in [-0.2, 0) is 0 Å². The van der Waals surface area contributed by atoms with E-state index >= 15 is 0 Å². The van der Waals surface area contributed by atoms with Gasteiger partial charge < -0.3 is 5.32 Å². The molecule has 1 aliphatic rings. The second kappa shape index (κ2) is 3.28. The Kier molecular flexibility index (Phi) is 2.13. The van der Waals surface area contributed by atoms with Crippen LogP contribution in [0, 0.1) is 6.92 Å². The van der Waals surface area contributed by atoms with Crippen LogP contribution in [-0.4, -0.2) is 6.54 Å². The van der Waals surface area contributed by atoms with Crippen LogP contribution in [0.15, 0.2) is 24.3 Å². The Labute approximate surface area is 73.8 Å². The van der Waals surface area contributed by atoms with Gasteiger partial charge in [0.05, 0.1) is 0 Å². The summed E-state index contributed by atoms with van der Waals surface area (Å²) in [7, 11) is 0. The predicted octanol–water partition coefficient (Wildman–Crippen LogP) is 2.42. The largest absolute Gasteiger partial charge is 0.310 e. The highest BCUT2D eigenvalue weighted by molar-refractivity contribution is 5.25. The number of rotatable bonds is 1. The molecule has 1 nitrogen and oxygen atoms in total. The van der Waals surface area contributed by atoms with Crippen molar-refractivity contribution in [3.63, 3.8) is 0 Å². The molecular weight excluding hydrogens is 146 g/mol. The molecule has 1 unspecified atom stereocenters. The SMILES string of the molecule is Cc1cccc(C2CCCN2)c1. The second-order valence-corrected chi connectivity index (χ2v) is 3.56. The molecule has 0 aliphatic carbocycles. The van der Waals surface area contributed by atoms with Crippen molar-refractivity contribution < 1.29 is 0 Å². The Morgan fingerprint density at radius 2 is 2.33 bits per heavy atom. The average molecular weight is 161 g/mol. The van der Waals surface area contributed by atoms with Gasteiger partial charge in [-0.25, -0.2) is 0 Å². The lowest BCUT2D eigenvalue weighted by atomic mass is 10.0. The Hall–Kier alpha value is -0.820. The van der Waals surface area contributed by atoms with E-state index in [9.17, 15) is 0 Å². The van der Waals surface area contributed by atoms with E-state index < -0.39 is 0 Å². The molecule has 0 amide bonds. The molecule has 0 bridgehead atoms. The number of hydrogen-bond donors (Lipinski definition) is 1. The number of nitrogens with one attached hydrogen (secondary N) is 1. The van der Waals surface area contributed by atoms with E-state index in [4.69, 9.17) is 0 Å². The topological polar surface area (TPSA) is 12.0 Å². The Morgan fingerprint density at radius 3 is 3.00 bits per heavy atom. The number of benzene rings is 1. The zero-order valence-corrected chi connectivity index (χ0v) is 7.51. The van der Waals surface area contributed by atoms with Crippen molar-refractivity contribution in [2.45, 2.75) is 25.8 Å². The first kappa shape index (κ1) is 7.81. The van der Waals surface area contributed by atoms with Gasteiger partial charge in [-0.3, -0.25) is 0 Å². The molecule has 0 aromatic heterocycles. The summed E-state index contributed by atoms with van der Waals surface area (Å²) in [5.41, 5.74) is 2.81. The minimum atomic E-state index is 0.616. The molecule has 1 saturated heterocycles. The van der Waals surface area contributed by atoms with Gasteiger partial charge in [0, 0.05) is 6.04 Å². The van der Waals surface area contributed by atoms with Gasteiger partial charge >= 0.3 is 0 Å². The van der Waals surface area contributed by atoms with Crippen LogP contribution >= 0.6 is 0 Å². The van der Waals surface area contributed by atoms with E-state index in [1.54, 1.807) is 0 Å². The Morgan fingerprint density at radius 1 is 1.42 bits per heavy atom. The molecule has 0 spiro atoms. The van der Waals surface area contributed by atoms with Crippen molar-refractivity contribution in [2.24, 2.45) is 0 Å². The fourth-order valence-electron chi connectivity index (χ4n) is 1.86. The lowest BCUT2D eigenvalue weighted by Gasteiger charge is -2.10. The van der Waals surface area contributed by atoms with Crippen LogP contribution in [0.4, 0.5) is 0 Å². The molecule has 1 aromatic carbocycles. The molecular formula is C11H15N. The van der Waals surface area contributed by atoms with E-state index in [0.29, 0.717) is 6.04 Å². The van der Waals surface area contributed by atoms with Crippen LogP contribution in [0.1, 0.15) is 30.0 Å². The molecule has 0 radical (unpaired) electrons. The summed E-state index contributed by atoms with van der Waals surface area (Å²) in [6.07, 6.45) is 2.61. The summed E-state index contributed by atoms with van der Waals surface area (Å²) in [6, 6.07) is 9.41. The molecule has 64 valence electrons. The highest BCUT2D eigenvalue weighted by Gasteiger charge is 2.15. The van der Waals surface area contributed by atoms with Crippen LogP contribution < -0.4 is 5.32 Å². The van der Waals surface area contributed by atoms with Crippen molar-refractivity contribution in [3.05, 3.63) is 35.4 Å². The second-order valence-electron chi connectivity index (χ2n) is 3.56. The molecule has 1 fully saturated rings.